The number of benzene rings is 1. The summed E-state index contributed by atoms with van der Waals surface area (Å²) in [6.45, 7) is 4.65. The van der Waals surface area contributed by atoms with Crippen LogP contribution >= 0.6 is 23.2 Å². The van der Waals surface area contributed by atoms with Crippen molar-refractivity contribution in [3.05, 3.63) is 22.2 Å². The van der Waals surface area contributed by atoms with Gasteiger partial charge in [-0.25, -0.2) is 0 Å². The summed E-state index contributed by atoms with van der Waals surface area (Å²) in [4.78, 5) is 2.22. The van der Waals surface area contributed by atoms with Crippen LogP contribution in [-0.2, 0) is 0 Å². The number of aliphatic hydroxyl groups excluding tert-OH is 1. The Morgan fingerprint density at radius 1 is 1.24 bits per heavy atom. The molecule has 2 aliphatic heterocycles. The van der Waals surface area contributed by atoms with Crippen LogP contribution in [0.25, 0.3) is 0 Å². The van der Waals surface area contributed by atoms with Gasteiger partial charge in [-0.3, -0.25) is 4.90 Å². The molecule has 5 nitrogen and oxygen atoms in total. The van der Waals surface area contributed by atoms with Crippen molar-refractivity contribution in [2.45, 2.75) is 12.2 Å². The van der Waals surface area contributed by atoms with Gasteiger partial charge in [-0.15, -0.1) is 0 Å². The quantitative estimate of drug-likeness (QED) is 0.876. The summed E-state index contributed by atoms with van der Waals surface area (Å²) in [7, 11) is 0. The van der Waals surface area contributed by atoms with Crippen LogP contribution in [0.3, 0.4) is 0 Å². The van der Waals surface area contributed by atoms with Crippen molar-refractivity contribution in [3.8, 4) is 11.5 Å². The highest BCUT2D eigenvalue weighted by Crippen LogP contribution is 2.39. The minimum atomic E-state index is -0.606. The van der Waals surface area contributed by atoms with Crippen LogP contribution in [0, 0.1) is 0 Å². The number of nitrogens with zero attached hydrogens (tertiary/aromatic N) is 1. The van der Waals surface area contributed by atoms with E-state index in [1.807, 2.05) is 0 Å². The maximum absolute atomic E-state index is 10.3. The molecule has 0 bridgehead atoms. The summed E-state index contributed by atoms with van der Waals surface area (Å²) in [5.41, 5.74) is 0. The first-order valence-electron chi connectivity index (χ1n) is 7.03. The number of hydrogen-bond acceptors (Lipinski definition) is 5. The van der Waals surface area contributed by atoms with Crippen LogP contribution in [-0.4, -0.2) is 61.5 Å². The highest BCUT2D eigenvalue weighted by molar-refractivity contribution is 6.42. The van der Waals surface area contributed by atoms with E-state index < -0.39 is 12.2 Å². The summed E-state index contributed by atoms with van der Waals surface area (Å²) >= 11 is 11.9. The molecular weight excluding hydrogens is 315 g/mol. The molecule has 7 heteroatoms. The van der Waals surface area contributed by atoms with Crippen LogP contribution in [0.4, 0.5) is 0 Å². The predicted molar refractivity (Wildman–Crippen MR) is 81.7 cm³/mol. The molecule has 116 valence electrons. The first-order chi connectivity index (χ1) is 10.1. The average Bonchev–Trinajstić information content (AvgIpc) is 2.49. The van der Waals surface area contributed by atoms with E-state index in [0.29, 0.717) is 34.7 Å². The van der Waals surface area contributed by atoms with E-state index in [2.05, 4.69) is 10.2 Å². The first-order valence-corrected chi connectivity index (χ1v) is 7.79. The maximum Gasteiger partial charge on any atom is 0.163 e. The Kier molecular flexibility index (Phi) is 4.76. The average molecular weight is 333 g/mol. The molecule has 3 rings (SSSR count). The topological polar surface area (TPSA) is 54.0 Å². The van der Waals surface area contributed by atoms with E-state index in [9.17, 15) is 5.11 Å². The summed E-state index contributed by atoms with van der Waals surface area (Å²) in [6.07, 6.45) is -1.00. The fourth-order valence-electron chi connectivity index (χ4n) is 2.55. The Morgan fingerprint density at radius 3 is 2.62 bits per heavy atom. The minimum Gasteiger partial charge on any atom is -0.486 e. The van der Waals surface area contributed by atoms with Crippen LogP contribution in [0.15, 0.2) is 12.1 Å². The normalized spacial score (nSPS) is 23.9. The molecule has 2 atom stereocenters. The van der Waals surface area contributed by atoms with Gasteiger partial charge in [0.05, 0.1) is 10.0 Å². The van der Waals surface area contributed by atoms with E-state index in [4.69, 9.17) is 32.7 Å². The Labute approximate surface area is 133 Å². The van der Waals surface area contributed by atoms with Gasteiger partial charge in [0.2, 0.25) is 0 Å². The number of piperazine rings is 1. The molecule has 1 aromatic carbocycles. The second kappa shape index (κ2) is 6.58. The van der Waals surface area contributed by atoms with E-state index in [0.717, 1.165) is 26.2 Å². The zero-order valence-corrected chi connectivity index (χ0v) is 13.0. The molecule has 2 heterocycles. The second-order valence-corrected chi connectivity index (χ2v) is 6.11. The van der Waals surface area contributed by atoms with Crippen molar-refractivity contribution in [1.29, 1.82) is 0 Å². The lowest BCUT2D eigenvalue weighted by Gasteiger charge is -2.34. The Morgan fingerprint density at radius 2 is 1.90 bits per heavy atom. The van der Waals surface area contributed by atoms with Gasteiger partial charge >= 0.3 is 0 Å². The number of halogens is 2. The molecule has 1 saturated heterocycles. The molecule has 0 aliphatic carbocycles. The van der Waals surface area contributed by atoms with Gasteiger partial charge in [0.15, 0.2) is 17.6 Å². The maximum atomic E-state index is 10.3. The third-order valence-corrected chi connectivity index (χ3v) is 4.47. The minimum absolute atomic E-state index is 0.304. The molecule has 1 aromatic rings. The molecule has 0 radical (unpaired) electrons. The molecule has 2 N–H and O–H groups in total. The van der Waals surface area contributed by atoms with Gasteiger partial charge in [-0.1, -0.05) is 23.2 Å². The zero-order valence-electron chi connectivity index (χ0n) is 11.5. The molecule has 0 aromatic heterocycles. The third-order valence-electron chi connectivity index (χ3n) is 3.75. The van der Waals surface area contributed by atoms with Gasteiger partial charge in [0.25, 0.3) is 0 Å². The number of aliphatic hydroxyl groups is 1. The first kappa shape index (κ1) is 15.2. The Bertz CT molecular complexity index is 509. The molecule has 21 heavy (non-hydrogen) atoms. The van der Waals surface area contributed by atoms with Crippen molar-refractivity contribution in [3.63, 3.8) is 0 Å². The molecule has 0 saturated carbocycles. The fourth-order valence-corrected chi connectivity index (χ4v) is 2.86. The number of rotatable bonds is 3. The molecule has 0 spiro atoms. The summed E-state index contributed by atoms with van der Waals surface area (Å²) in [6, 6.07) is 3.26. The third kappa shape index (κ3) is 3.55. The van der Waals surface area contributed by atoms with Crippen molar-refractivity contribution < 1.29 is 14.6 Å². The van der Waals surface area contributed by atoms with Crippen LogP contribution in [0.2, 0.25) is 10.0 Å². The Hall–Kier alpha value is -0.720. The lowest BCUT2D eigenvalue weighted by atomic mass is 10.1. The van der Waals surface area contributed by atoms with Crippen LogP contribution in [0.5, 0.6) is 11.5 Å². The van der Waals surface area contributed by atoms with E-state index >= 15 is 0 Å². The van der Waals surface area contributed by atoms with Crippen molar-refractivity contribution >= 4 is 23.2 Å². The molecule has 0 amide bonds. The number of nitrogens with one attached hydrogen (secondary N) is 1. The SMILES string of the molecule is OC(CN1CCNCC1)C1COc2cc(Cl)c(Cl)cc2O1. The lowest BCUT2D eigenvalue weighted by Crippen LogP contribution is -2.51. The predicted octanol–water partition coefficient (Wildman–Crippen LogP) is 1.40. The number of hydrogen-bond donors (Lipinski definition) is 2. The number of ether oxygens (including phenoxy) is 2. The van der Waals surface area contributed by atoms with Crippen molar-refractivity contribution in [1.82, 2.24) is 10.2 Å². The summed E-state index contributed by atoms with van der Waals surface area (Å²) in [5.74, 6) is 1.09. The monoisotopic (exact) mass is 332 g/mol. The highest BCUT2D eigenvalue weighted by Gasteiger charge is 2.30. The zero-order chi connectivity index (χ0) is 14.8. The molecule has 1 fully saturated rings. The Balaban J connectivity index is 1.63. The smallest absolute Gasteiger partial charge is 0.163 e. The molecular formula is C14H18Cl2N2O3. The van der Waals surface area contributed by atoms with Gasteiger partial charge in [-0.05, 0) is 0 Å². The van der Waals surface area contributed by atoms with Gasteiger partial charge in [0, 0.05) is 44.9 Å². The van der Waals surface area contributed by atoms with Gasteiger partial charge < -0.3 is 19.9 Å². The molecule has 2 unspecified atom stereocenters. The second-order valence-electron chi connectivity index (χ2n) is 5.30. The standard InChI is InChI=1S/C14H18Cl2N2O3/c15-9-5-12-13(6-10(9)16)21-14(8-20-12)11(19)7-18-3-1-17-2-4-18/h5-6,11,14,17,19H,1-4,7-8H2. The van der Waals surface area contributed by atoms with Crippen LogP contribution in [0.1, 0.15) is 0 Å². The molecule has 2 aliphatic rings. The van der Waals surface area contributed by atoms with Gasteiger partial charge in [-0.2, -0.15) is 0 Å². The van der Waals surface area contributed by atoms with Gasteiger partial charge in [0.1, 0.15) is 12.7 Å². The van der Waals surface area contributed by atoms with E-state index in [1.54, 1.807) is 12.1 Å². The number of β-amino-alcohol motifs (C(OH)–C–C–N with tert-alkyl or cyclic N) is 1. The summed E-state index contributed by atoms with van der Waals surface area (Å²) in [5, 5.41) is 14.5. The lowest BCUT2D eigenvalue weighted by molar-refractivity contribution is -0.0265. The largest absolute Gasteiger partial charge is 0.486 e. The highest BCUT2D eigenvalue weighted by atomic mass is 35.5. The fraction of sp³-hybridized carbons (Fsp3) is 0.571. The van der Waals surface area contributed by atoms with Crippen molar-refractivity contribution in [2.24, 2.45) is 0 Å². The van der Waals surface area contributed by atoms with Crippen molar-refractivity contribution in [2.75, 3.05) is 39.3 Å². The number of fused-ring (bicyclic) bond motifs is 1. The van der Waals surface area contributed by atoms with Crippen LogP contribution < -0.4 is 14.8 Å². The van der Waals surface area contributed by atoms with E-state index in [1.165, 1.54) is 0 Å². The van der Waals surface area contributed by atoms with E-state index in [-0.39, 0.29) is 0 Å². The summed E-state index contributed by atoms with van der Waals surface area (Å²) < 4.78 is 11.4.